The number of nitrogens with zero attached hydrogens (tertiary/aromatic N) is 1. The van der Waals surface area contributed by atoms with E-state index in [0.717, 1.165) is 17.9 Å². The first-order valence-electron chi connectivity index (χ1n) is 4.83. The molecule has 0 heterocycles. The zero-order chi connectivity index (χ0) is 10.2. The summed E-state index contributed by atoms with van der Waals surface area (Å²) in [5.41, 5.74) is 2.68. The Kier molecular flexibility index (Phi) is 5.17. The monoisotopic (exact) mass is 205 g/mol. The summed E-state index contributed by atoms with van der Waals surface area (Å²) in [7, 11) is 0. The molecule has 0 saturated heterocycles. The second kappa shape index (κ2) is 6.50. The van der Waals surface area contributed by atoms with Gasteiger partial charge in [0.1, 0.15) is 0 Å². The fourth-order valence-electron chi connectivity index (χ4n) is 1.13. The highest BCUT2D eigenvalue weighted by atomic mass is 32.2. The number of hydrogen-bond donors (Lipinski definition) is 0. The summed E-state index contributed by atoms with van der Waals surface area (Å²) in [4.78, 5) is 0. The minimum absolute atomic E-state index is 0.681. The zero-order valence-corrected chi connectivity index (χ0v) is 9.31. The summed E-state index contributed by atoms with van der Waals surface area (Å²) in [6.45, 7) is 2.10. The van der Waals surface area contributed by atoms with Gasteiger partial charge >= 0.3 is 0 Å². The number of thioether (sulfide) groups is 1. The maximum absolute atomic E-state index is 8.35. The van der Waals surface area contributed by atoms with Gasteiger partial charge in [0.15, 0.2) is 0 Å². The van der Waals surface area contributed by atoms with Crippen LogP contribution in [-0.2, 0) is 5.75 Å². The van der Waals surface area contributed by atoms with Gasteiger partial charge in [0.05, 0.1) is 6.07 Å². The SMILES string of the molecule is Cc1ccc(CSCCCC#N)cc1. The molecular weight excluding hydrogens is 190 g/mol. The van der Waals surface area contributed by atoms with E-state index in [-0.39, 0.29) is 0 Å². The highest BCUT2D eigenvalue weighted by Crippen LogP contribution is 2.14. The van der Waals surface area contributed by atoms with Crippen molar-refractivity contribution >= 4 is 11.8 Å². The topological polar surface area (TPSA) is 23.8 Å². The lowest BCUT2D eigenvalue weighted by Gasteiger charge is -2.00. The lowest BCUT2D eigenvalue weighted by molar-refractivity contribution is 0.981. The van der Waals surface area contributed by atoms with Gasteiger partial charge in [0.25, 0.3) is 0 Å². The Morgan fingerprint density at radius 1 is 1.29 bits per heavy atom. The van der Waals surface area contributed by atoms with Gasteiger partial charge in [-0.15, -0.1) is 0 Å². The third-order valence-corrected chi connectivity index (χ3v) is 3.08. The number of unbranched alkanes of at least 4 members (excludes halogenated alkanes) is 1. The molecule has 0 bridgehead atoms. The first-order valence-corrected chi connectivity index (χ1v) is 5.98. The van der Waals surface area contributed by atoms with E-state index in [4.69, 9.17) is 5.26 Å². The molecule has 2 heteroatoms. The molecule has 14 heavy (non-hydrogen) atoms. The molecule has 0 aromatic heterocycles. The smallest absolute Gasteiger partial charge is 0.0622 e. The first kappa shape index (κ1) is 11.1. The van der Waals surface area contributed by atoms with Crippen LogP contribution in [0.1, 0.15) is 24.0 Å². The Morgan fingerprint density at radius 3 is 2.64 bits per heavy atom. The predicted molar refractivity (Wildman–Crippen MR) is 62.2 cm³/mol. The van der Waals surface area contributed by atoms with Crippen LogP contribution < -0.4 is 0 Å². The van der Waals surface area contributed by atoms with Crippen molar-refractivity contribution in [1.29, 1.82) is 5.26 Å². The number of rotatable bonds is 5. The fraction of sp³-hybridized carbons (Fsp3) is 0.417. The molecule has 0 aliphatic heterocycles. The highest BCUT2D eigenvalue weighted by molar-refractivity contribution is 7.98. The molecule has 0 N–H and O–H groups in total. The summed E-state index contributed by atoms with van der Waals surface area (Å²) in [5, 5.41) is 8.35. The van der Waals surface area contributed by atoms with Crippen LogP contribution in [0.25, 0.3) is 0 Å². The lowest BCUT2D eigenvalue weighted by Crippen LogP contribution is -1.83. The molecule has 1 nitrogen and oxygen atoms in total. The Bertz CT molecular complexity index is 297. The molecule has 1 aromatic rings. The van der Waals surface area contributed by atoms with Gasteiger partial charge in [-0.1, -0.05) is 29.8 Å². The van der Waals surface area contributed by atoms with Crippen LogP contribution in [0, 0.1) is 18.3 Å². The maximum atomic E-state index is 8.35. The van der Waals surface area contributed by atoms with E-state index >= 15 is 0 Å². The second-order valence-electron chi connectivity index (χ2n) is 3.30. The molecule has 1 aromatic carbocycles. The third kappa shape index (κ3) is 4.34. The van der Waals surface area contributed by atoms with E-state index in [1.54, 1.807) is 0 Å². The van der Waals surface area contributed by atoms with Crippen molar-refractivity contribution in [3.63, 3.8) is 0 Å². The van der Waals surface area contributed by atoms with Crippen LogP contribution in [0.2, 0.25) is 0 Å². The van der Waals surface area contributed by atoms with E-state index in [2.05, 4.69) is 37.3 Å². The number of hydrogen-bond acceptors (Lipinski definition) is 2. The van der Waals surface area contributed by atoms with Crippen LogP contribution in [0.5, 0.6) is 0 Å². The van der Waals surface area contributed by atoms with Gasteiger partial charge in [-0.3, -0.25) is 0 Å². The van der Waals surface area contributed by atoms with Crippen molar-refractivity contribution in [2.45, 2.75) is 25.5 Å². The summed E-state index contributed by atoms with van der Waals surface area (Å²) in [6, 6.07) is 10.8. The third-order valence-electron chi connectivity index (χ3n) is 1.97. The molecule has 0 amide bonds. The average Bonchev–Trinajstić information content (AvgIpc) is 2.21. The van der Waals surface area contributed by atoms with Crippen molar-refractivity contribution in [1.82, 2.24) is 0 Å². The zero-order valence-electron chi connectivity index (χ0n) is 8.49. The first-order chi connectivity index (χ1) is 6.83. The summed E-state index contributed by atoms with van der Waals surface area (Å²) in [5.74, 6) is 2.15. The number of aryl methyl sites for hydroxylation is 1. The van der Waals surface area contributed by atoms with Crippen LogP contribution >= 0.6 is 11.8 Å². The van der Waals surface area contributed by atoms with Crippen molar-refractivity contribution in [2.24, 2.45) is 0 Å². The van der Waals surface area contributed by atoms with Gasteiger partial charge in [-0.25, -0.2) is 0 Å². The van der Waals surface area contributed by atoms with Crippen LogP contribution in [-0.4, -0.2) is 5.75 Å². The standard InChI is InChI=1S/C12H15NS/c1-11-4-6-12(7-5-11)10-14-9-3-2-8-13/h4-7H,2-3,9-10H2,1H3. The van der Waals surface area contributed by atoms with E-state index in [9.17, 15) is 0 Å². The fourth-order valence-corrected chi connectivity index (χ4v) is 2.05. The van der Waals surface area contributed by atoms with Crippen LogP contribution in [0.15, 0.2) is 24.3 Å². The molecule has 0 radical (unpaired) electrons. The van der Waals surface area contributed by atoms with Crippen LogP contribution in [0.3, 0.4) is 0 Å². The van der Waals surface area contributed by atoms with Crippen molar-refractivity contribution < 1.29 is 0 Å². The highest BCUT2D eigenvalue weighted by Gasteiger charge is 1.93. The van der Waals surface area contributed by atoms with Gasteiger partial charge in [-0.2, -0.15) is 17.0 Å². The van der Waals surface area contributed by atoms with Crippen molar-refractivity contribution in [3.8, 4) is 6.07 Å². The van der Waals surface area contributed by atoms with Crippen molar-refractivity contribution in [3.05, 3.63) is 35.4 Å². The average molecular weight is 205 g/mol. The molecule has 0 saturated carbocycles. The summed E-state index contributed by atoms with van der Waals surface area (Å²) < 4.78 is 0. The number of nitriles is 1. The molecule has 0 fully saturated rings. The Balaban J connectivity index is 2.19. The second-order valence-corrected chi connectivity index (χ2v) is 4.41. The van der Waals surface area contributed by atoms with Crippen LogP contribution in [0.4, 0.5) is 0 Å². The Hall–Kier alpha value is -0.940. The normalized spacial score (nSPS) is 9.71. The quantitative estimate of drug-likeness (QED) is 0.687. The van der Waals surface area contributed by atoms with Crippen molar-refractivity contribution in [2.75, 3.05) is 5.75 Å². The van der Waals surface area contributed by atoms with E-state index in [1.807, 2.05) is 11.8 Å². The molecule has 0 spiro atoms. The molecule has 0 aliphatic carbocycles. The Labute approximate surface area is 90.1 Å². The number of benzene rings is 1. The molecule has 74 valence electrons. The van der Waals surface area contributed by atoms with E-state index < -0.39 is 0 Å². The van der Waals surface area contributed by atoms with Gasteiger partial charge in [0, 0.05) is 12.2 Å². The predicted octanol–water partition coefficient (Wildman–Crippen LogP) is 3.53. The molecule has 0 unspecified atom stereocenters. The maximum Gasteiger partial charge on any atom is 0.0622 e. The minimum atomic E-state index is 0.681. The van der Waals surface area contributed by atoms with E-state index in [1.165, 1.54) is 11.1 Å². The van der Waals surface area contributed by atoms with Gasteiger partial charge in [0.2, 0.25) is 0 Å². The molecule has 0 atom stereocenters. The largest absolute Gasteiger partial charge is 0.198 e. The molecular formula is C12H15NS. The van der Waals surface area contributed by atoms with Gasteiger partial charge < -0.3 is 0 Å². The summed E-state index contributed by atoms with van der Waals surface area (Å²) in [6.07, 6.45) is 1.69. The van der Waals surface area contributed by atoms with E-state index in [0.29, 0.717) is 6.42 Å². The summed E-state index contributed by atoms with van der Waals surface area (Å²) >= 11 is 1.90. The lowest BCUT2D eigenvalue weighted by atomic mass is 10.2. The molecule has 0 aliphatic rings. The van der Waals surface area contributed by atoms with Gasteiger partial charge in [-0.05, 0) is 24.7 Å². The Morgan fingerprint density at radius 2 is 2.00 bits per heavy atom. The minimum Gasteiger partial charge on any atom is -0.198 e. The molecule has 1 rings (SSSR count).